The molecular weight excluding hydrogens is 432 g/mol. The Hall–Kier alpha value is -3.16. The van der Waals surface area contributed by atoms with Gasteiger partial charge in [-0.05, 0) is 49.4 Å². The fraction of sp³-hybridized carbons (Fsp3) is 0.130. The molecule has 4 aromatic rings. The van der Waals surface area contributed by atoms with Crippen LogP contribution in [0, 0.1) is 0 Å². The van der Waals surface area contributed by atoms with Gasteiger partial charge in [0.05, 0.1) is 28.5 Å². The lowest BCUT2D eigenvalue weighted by molar-refractivity contribution is 0.0939. The summed E-state index contributed by atoms with van der Waals surface area (Å²) in [5.41, 5.74) is 3.68. The topological polar surface area (TPSA) is 84.8 Å². The number of pyridine rings is 1. The lowest BCUT2D eigenvalue weighted by Gasteiger charge is -2.17. The number of fused-ring (bicyclic) bond motifs is 1. The quantitative estimate of drug-likeness (QED) is 0.481. The van der Waals surface area contributed by atoms with Gasteiger partial charge in [-0.15, -0.1) is 0 Å². The summed E-state index contributed by atoms with van der Waals surface area (Å²) in [7, 11) is -1.25. The van der Waals surface area contributed by atoms with Gasteiger partial charge in [-0.1, -0.05) is 29.8 Å². The molecule has 2 aromatic heterocycles. The third-order valence-electron chi connectivity index (χ3n) is 4.73. The molecule has 0 aliphatic heterocycles. The van der Waals surface area contributed by atoms with Crippen molar-refractivity contribution in [3.63, 3.8) is 0 Å². The summed E-state index contributed by atoms with van der Waals surface area (Å²) in [6, 6.07) is 17.4. The van der Waals surface area contributed by atoms with Gasteiger partial charge in [-0.3, -0.25) is 14.0 Å². The van der Waals surface area contributed by atoms with Crippen LogP contribution in [0.3, 0.4) is 0 Å². The highest BCUT2D eigenvalue weighted by molar-refractivity contribution is 7.84. The van der Waals surface area contributed by atoms with Crippen molar-refractivity contribution in [3.8, 4) is 11.4 Å². The second kappa shape index (κ2) is 8.91. The summed E-state index contributed by atoms with van der Waals surface area (Å²) < 4.78 is 11.8. The van der Waals surface area contributed by atoms with Crippen LogP contribution in [0.1, 0.15) is 29.0 Å². The number of amides is 1. The summed E-state index contributed by atoms with van der Waals surface area (Å²) in [6.45, 7) is 1.84. The predicted molar refractivity (Wildman–Crippen MR) is 122 cm³/mol. The highest BCUT2D eigenvalue weighted by atomic mass is 35.5. The zero-order valence-corrected chi connectivity index (χ0v) is 18.4. The van der Waals surface area contributed by atoms with Crippen molar-refractivity contribution in [3.05, 3.63) is 83.1 Å². The summed E-state index contributed by atoms with van der Waals surface area (Å²) >= 11 is 6.12. The largest absolute Gasteiger partial charge is 0.344 e. The molecule has 8 heteroatoms. The average molecular weight is 451 g/mol. The van der Waals surface area contributed by atoms with Gasteiger partial charge in [-0.25, -0.2) is 9.97 Å². The van der Waals surface area contributed by atoms with Gasteiger partial charge in [-0.2, -0.15) is 0 Å². The lowest BCUT2D eigenvalue weighted by Crippen LogP contribution is -2.28. The molecule has 2 aromatic carbocycles. The number of aromatic nitrogens is 3. The number of halogens is 1. The molecule has 2 heterocycles. The molecular formula is C23H19ClN4O2S. The van der Waals surface area contributed by atoms with Crippen LogP contribution in [0.15, 0.2) is 71.8 Å². The number of rotatable bonds is 5. The standard InChI is InChI=1S/C23H19ClN4O2S/c1-14(26-23(29)15-11-16(24)13-17(12-15)31(2)30)21-22(20-9-5-6-10-25-20)28-19-8-4-3-7-18(19)27-21/h3-14H,1-2H3,(H,26,29)/t14-,31?/m0/s1. The maximum Gasteiger partial charge on any atom is 0.251 e. The molecule has 2 atom stereocenters. The highest BCUT2D eigenvalue weighted by Crippen LogP contribution is 2.26. The van der Waals surface area contributed by atoms with Crippen molar-refractivity contribution in [2.75, 3.05) is 6.26 Å². The molecule has 0 spiro atoms. The molecule has 6 nitrogen and oxygen atoms in total. The first-order valence-electron chi connectivity index (χ1n) is 9.55. The second-order valence-electron chi connectivity index (χ2n) is 6.99. The van der Waals surface area contributed by atoms with Crippen LogP contribution in [0.2, 0.25) is 5.02 Å². The van der Waals surface area contributed by atoms with Crippen molar-refractivity contribution >= 4 is 39.3 Å². The van der Waals surface area contributed by atoms with Gasteiger partial charge in [0.2, 0.25) is 0 Å². The Labute approximate surface area is 187 Å². The van der Waals surface area contributed by atoms with E-state index < -0.39 is 16.8 Å². The van der Waals surface area contributed by atoms with E-state index in [-0.39, 0.29) is 5.91 Å². The number of carbonyl (C=O) groups is 1. The number of nitrogens with zero attached hydrogens (tertiary/aromatic N) is 3. The fourth-order valence-corrected chi connectivity index (χ4v) is 4.10. The van der Waals surface area contributed by atoms with Gasteiger partial charge < -0.3 is 5.32 Å². The molecule has 0 fully saturated rings. The van der Waals surface area contributed by atoms with Gasteiger partial charge in [0.1, 0.15) is 5.69 Å². The molecule has 156 valence electrons. The molecule has 0 saturated carbocycles. The Morgan fingerprint density at radius 3 is 2.42 bits per heavy atom. The van der Waals surface area contributed by atoms with E-state index in [1.54, 1.807) is 30.7 Å². The van der Waals surface area contributed by atoms with Gasteiger partial charge in [0, 0.05) is 38.7 Å². The van der Waals surface area contributed by atoms with Crippen LogP contribution in [-0.4, -0.2) is 31.3 Å². The Kier molecular flexibility index (Phi) is 6.06. The lowest BCUT2D eigenvalue weighted by atomic mass is 10.1. The van der Waals surface area contributed by atoms with Crippen LogP contribution in [0.4, 0.5) is 0 Å². The summed E-state index contributed by atoms with van der Waals surface area (Å²) in [4.78, 5) is 27.4. The Balaban J connectivity index is 1.73. The van der Waals surface area contributed by atoms with Gasteiger partial charge in [0.15, 0.2) is 0 Å². The maximum absolute atomic E-state index is 12.9. The van der Waals surface area contributed by atoms with Crippen LogP contribution < -0.4 is 5.32 Å². The van der Waals surface area contributed by atoms with E-state index in [2.05, 4.69) is 10.3 Å². The molecule has 4 rings (SSSR count). The van der Waals surface area contributed by atoms with E-state index in [1.165, 1.54) is 0 Å². The number of nitrogens with one attached hydrogen (secondary N) is 1. The molecule has 31 heavy (non-hydrogen) atoms. The Bertz CT molecular complexity index is 1300. The first kappa shape index (κ1) is 21.1. The molecule has 0 radical (unpaired) electrons. The zero-order valence-electron chi connectivity index (χ0n) is 16.9. The molecule has 0 aliphatic rings. The Morgan fingerprint density at radius 2 is 1.74 bits per heavy atom. The molecule has 1 N–H and O–H groups in total. The van der Waals surface area contributed by atoms with Crippen LogP contribution >= 0.6 is 11.6 Å². The van der Waals surface area contributed by atoms with Crippen LogP contribution in [0.5, 0.6) is 0 Å². The Morgan fingerprint density at radius 1 is 1.03 bits per heavy atom. The normalized spacial score (nSPS) is 13.0. The third-order valence-corrected chi connectivity index (χ3v) is 5.85. The number of hydrogen-bond acceptors (Lipinski definition) is 5. The van der Waals surface area contributed by atoms with E-state index in [0.29, 0.717) is 32.6 Å². The van der Waals surface area contributed by atoms with Crippen molar-refractivity contribution in [2.24, 2.45) is 0 Å². The second-order valence-corrected chi connectivity index (χ2v) is 8.80. The smallest absolute Gasteiger partial charge is 0.251 e. The van der Waals surface area contributed by atoms with Crippen molar-refractivity contribution in [1.29, 1.82) is 0 Å². The monoisotopic (exact) mass is 450 g/mol. The zero-order chi connectivity index (χ0) is 22.0. The molecule has 0 saturated heterocycles. The van der Waals surface area contributed by atoms with E-state index in [4.69, 9.17) is 21.6 Å². The van der Waals surface area contributed by atoms with Crippen molar-refractivity contribution < 1.29 is 9.00 Å². The number of benzene rings is 2. The molecule has 1 unspecified atom stereocenters. The predicted octanol–water partition coefficient (Wildman–Crippen LogP) is 4.57. The minimum Gasteiger partial charge on any atom is -0.344 e. The first-order valence-corrected chi connectivity index (χ1v) is 11.5. The highest BCUT2D eigenvalue weighted by Gasteiger charge is 2.20. The molecule has 0 bridgehead atoms. The van der Waals surface area contributed by atoms with E-state index in [9.17, 15) is 9.00 Å². The average Bonchev–Trinajstić information content (AvgIpc) is 2.78. The van der Waals surface area contributed by atoms with Crippen molar-refractivity contribution in [1.82, 2.24) is 20.3 Å². The van der Waals surface area contributed by atoms with E-state index in [1.807, 2.05) is 49.4 Å². The molecule has 1 amide bonds. The number of para-hydroxylation sites is 2. The van der Waals surface area contributed by atoms with Crippen LogP contribution in [-0.2, 0) is 10.8 Å². The number of carbonyl (C=O) groups excluding carboxylic acids is 1. The molecule has 0 aliphatic carbocycles. The minimum absolute atomic E-state index is 0.331. The van der Waals surface area contributed by atoms with Crippen molar-refractivity contribution in [2.45, 2.75) is 17.9 Å². The van der Waals surface area contributed by atoms with E-state index >= 15 is 0 Å². The first-order chi connectivity index (χ1) is 14.9. The summed E-state index contributed by atoms with van der Waals surface area (Å²) in [6.07, 6.45) is 3.23. The summed E-state index contributed by atoms with van der Waals surface area (Å²) in [5, 5.41) is 3.31. The van der Waals surface area contributed by atoms with E-state index in [0.717, 1.165) is 11.0 Å². The van der Waals surface area contributed by atoms with Crippen LogP contribution in [0.25, 0.3) is 22.4 Å². The third kappa shape index (κ3) is 4.62. The summed E-state index contributed by atoms with van der Waals surface area (Å²) in [5.74, 6) is -0.344. The fourth-order valence-electron chi connectivity index (χ4n) is 3.22. The minimum atomic E-state index is -1.25. The SMILES string of the molecule is C[C@H](NC(=O)c1cc(Cl)cc(S(C)=O)c1)c1nc2ccccc2nc1-c1ccccn1. The maximum atomic E-state index is 12.9. The van der Waals surface area contributed by atoms with Gasteiger partial charge >= 0.3 is 0 Å². The van der Waals surface area contributed by atoms with Gasteiger partial charge in [0.25, 0.3) is 5.91 Å². The number of hydrogen-bond donors (Lipinski definition) is 1.